The zero-order chi connectivity index (χ0) is 23.1. The van der Waals surface area contributed by atoms with Crippen LogP contribution in [0.3, 0.4) is 0 Å². The summed E-state index contributed by atoms with van der Waals surface area (Å²) in [5.74, 6) is -0.211. The van der Waals surface area contributed by atoms with Gasteiger partial charge in [0.15, 0.2) is 0 Å². The number of amides is 1. The highest BCUT2D eigenvalue weighted by molar-refractivity contribution is 6.46. The van der Waals surface area contributed by atoms with Gasteiger partial charge in [-0.3, -0.25) is 9.59 Å². The second kappa shape index (κ2) is 10.8. The van der Waals surface area contributed by atoms with E-state index < -0.39 is 17.7 Å². The lowest BCUT2D eigenvalue weighted by molar-refractivity contribution is -0.139. The van der Waals surface area contributed by atoms with E-state index in [1.807, 2.05) is 45.0 Å². The molecule has 6 nitrogen and oxygen atoms in total. The third-order valence-corrected chi connectivity index (χ3v) is 5.36. The molecule has 32 heavy (non-hydrogen) atoms. The average molecular weight is 438 g/mol. The Morgan fingerprint density at radius 2 is 1.69 bits per heavy atom. The zero-order valence-corrected chi connectivity index (χ0v) is 19.0. The van der Waals surface area contributed by atoms with Gasteiger partial charge in [0.05, 0.1) is 24.8 Å². The molecule has 0 saturated carbocycles. The number of aliphatic hydroxyl groups is 1. The molecule has 2 aromatic rings. The molecule has 6 heteroatoms. The highest BCUT2D eigenvalue weighted by Gasteiger charge is 2.45. The van der Waals surface area contributed by atoms with Gasteiger partial charge in [0.2, 0.25) is 0 Å². The normalized spacial score (nSPS) is 17.6. The average Bonchev–Trinajstić information content (AvgIpc) is 3.06. The van der Waals surface area contributed by atoms with Crippen molar-refractivity contribution in [2.24, 2.45) is 0 Å². The van der Waals surface area contributed by atoms with E-state index in [2.05, 4.69) is 0 Å². The van der Waals surface area contributed by atoms with Crippen molar-refractivity contribution >= 4 is 17.4 Å². The third-order valence-electron chi connectivity index (χ3n) is 5.36. The Morgan fingerprint density at radius 3 is 2.38 bits per heavy atom. The van der Waals surface area contributed by atoms with E-state index >= 15 is 0 Å². The molecular formula is C26H31NO5. The molecule has 0 aromatic heterocycles. The van der Waals surface area contributed by atoms with Crippen LogP contribution in [0.5, 0.6) is 11.5 Å². The summed E-state index contributed by atoms with van der Waals surface area (Å²) in [7, 11) is 0. The largest absolute Gasteiger partial charge is 0.507 e. The van der Waals surface area contributed by atoms with Crippen LogP contribution in [-0.4, -0.2) is 41.5 Å². The number of nitrogens with zero attached hydrogens (tertiary/aromatic N) is 1. The van der Waals surface area contributed by atoms with Crippen LogP contribution in [0, 0.1) is 0 Å². The molecule has 1 aliphatic heterocycles. The van der Waals surface area contributed by atoms with Crippen molar-refractivity contribution in [3.05, 3.63) is 65.2 Å². The molecule has 2 aromatic carbocycles. The van der Waals surface area contributed by atoms with Crippen LogP contribution in [0.4, 0.5) is 0 Å². The van der Waals surface area contributed by atoms with Crippen molar-refractivity contribution in [3.63, 3.8) is 0 Å². The van der Waals surface area contributed by atoms with Gasteiger partial charge in [-0.1, -0.05) is 44.5 Å². The predicted octanol–water partition coefficient (Wildman–Crippen LogP) is 5.10. The highest BCUT2D eigenvalue weighted by atomic mass is 16.5. The molecular weight excluding hydrogens is 406 g/mol. The first-order valence-corrected chi connectivity index (χ1v) is 11.3. The van der Waals surface area contributed by atoms with Gasteiger partial charge in [-0.2, -0.15) is 0 Å². The Balaban J connectivity index is 2.11. The van der Waals surface area contributed by atoms with E-state index in [4.69, 9.17) is 9.47 Å². The summed E-state index contributed by atoms with van der Waals surface area (Å²) in [4.78, 5) is 27.6. The summed E-state index contributed by atoms with van der Waals surface area (Å²) in [5.41, 5.74) is 1.26. The van der Waals surface area contributed by atoms with Crippen LogP contribution in [0.2, 0.25) is 0 Å². The van der Waals surface area contributed by atoms with Crippen LogP contribution >= 0.6 is 0 Å². The summed E-state index contributed by atoms with van der Waals surface area (Å²) in [5, 5.41) is 11.2. The number of rotatable bonds is 10. The number of Topliss-reactive ketones (excluding diaryl/α,β-unsaturated/α-hetero) is 1. The van der Waals surface area contributed by atoms with E-state index in [0.29, 0.717) is 36.8 Å². The van der Waals surface area contributed by atoms with Crippen LogP contribution in [0.1, 0.15) is 57.2 Å². The number of benzene rings is 2. The number of likely N-dealkylation sites (tertiary alicyclic amines) is 1. The van der Waals surface area contributed by atoms with E-state index in [1.54, 1.807) is 29.2 Å². The number of hydrogen-bond acceptors (Lipinski definition) is 5. The topological polar surface area (TPSA) is 76.1 Å². The molecule has 1 unspecified atom stereocenters. The third kappa shape index (κ3) is 4.96. The first kappa shape index (κ1) is 23.4. The van der Waals surface area contributed by atoms with Crippen molar-refractivity contribution in [3.8, 4) is 11.5 Å². The second-order valence-electron chi connectivity index (χ2n) is 7.73. The number of ether oxygens (including phenoxy) is 2. The molecule has 0 spiro atoms. The van der Waals surface area contributed by atoms with Crippen molar-refractivity contribution in [1.29, 1.82) is 0 Å². The Morgan fingerprint density at radius 1 is 0.969 bits per heavy atom. The fraction of sp³-hybridized carbons (Fsp3) is 0.385. The van der Waals surface area contributed by atoms with Crippen LogP contribution in [-0.2, 0) is 9.59 Å². The number of carbonyl (C=O) groups is 2. The van der Waals surface area contributed by atoms with E-state index in [1.165, 1.54) is 0 Å². The number of hydrogen-bond donors (Lipinski definition) is 1. The molecule has 0 aliphatic carbocycles. The van der Waals surface area contributed by atoms with Crippen LogP contribution in [0.15, 0.2) is 54.1 Å². The number of unbranched alkanes of at least 4 members (excludes halogenated alkanes) is 1. The molecule has 0 bridgehead atoms. The van der Waals surface area contributed by atoms with E-state index in [-0.39, 0.29) is 11.3 Å². The molecule has 1 atom stereocenters. The van der Waals surface area contributed by atoms with Crippen LogP contribution in [0.25, 0.3) is 5.76 Å². The number of aliphatic hydroxyl groups excluding tert-OH is 1. The summed E-state index contributed by atoms with van der Waals surface area (Å²) in [6.07, 6.45) is 2.51. The van der Waals surface area contributed by atoms with Gasteiger partial charge in [0.1, 0.15) is 17.3 Å². The first-order chi connectivity index (χ1) is 15.5. The quantitative estimate of drug-likeness (QED) is 0.318. The molecule has 1 amide bonds. The monoisotopic (exact) mass is 437 g/mol. The minimum atomic E-state index is -0.678. The van der Waals surface area contributed by atoms with Gasteiger partial charge in [-0.15, -0.1) is 0 Å². The SMILES string of the molecule is CCCCN1C(=O)C(=O)/C(=C(\O)c2cccc(OCC)c2)C1c1cccc(OCCC)c1. The van der Waals surface area contributed by atoms with Gasteiger partial charge in [0, 0.05) is 12.1 Å². The minimum Gasteiger partial charge on any atom is -0.507 e. The Kier molecular flexibility index (Phi) is 7.92. The van der Waals surface area contributed by atoms with Gasteiger partial charge in [-0.05, 0) is 49.6 Å². The molecule has 1 fully saturated rings. The van der Waals surface area contributed by atoms with E-state index in [9.17, 15) is 14.7 Å². The second-order valence-corrected chi connectivity index (χ2v) is 7.73. The highest BCUT2D eigenvalue weighted by Crippen LogP contribution is 2.40. The van der Waals surface area contributed by atoms with E-state index in [0.717, 1.165) is 24.8 Å². The Labute approximate surface area is 189 Å². The lowest BCUT2D eigenvalue weighted by Crippen LogP contribution is -2.30. The Bertz CT molecular complexity index is 997. The smallest absolute Gasteiger partial charge is 0.295 e. The van der Waals surface area contributed by atoms with Gasteiger partial charge in [-0.25, -0.2) is 0 Å². The Hall–Kier alpha value is -3.28. The molecule has 0 radical (unpaired) electrons. The lowest BCUT2D eigenvalue weighted by Gasteiger charge is -2.25. The maximum atomic E-state index is 13.1. The van der Waals surface area contributed by atoms with Crippen molar-refractivity contribution in [2.45, 2.75) is 46.1 Å². The molecule has 1 aliphatic rings. The summed E-state index contributed by atoms with van der Waals surface area (Å²) < 4.78 is 11.3. The predicted molar refractivity (Wildman–Crippen MR) is 124 cm³/mol. The molecule has 1 saturated heterocycles. The maximum Gasteiger partial charge on any atom is 0.295 e. The fourth-order valence-corrected chi connectivity index (χ4v) is 3.84. The molecule has 3 rings (SSSR count). The van der Waals surface area contributed by atoms with Crippen molar-refractivity contribution in [1.82, 2.24) is 4.90 Å². The zero-order valence-electron chi connectivity index (χ0n) is 19.0. The summed E-state index contributed by atoms with van der Waals surface area (Å²) >= 11 is 0. The molecule has 1 heterocycles. The standard InChI is InChI=1S/C26H31NO5/c1-4-7-14-27-23(18-10-8-13-21(16-18)32-15-5-2)22(25(29)26(27)30)24(28)19-11-9-12-20(17-19)31-6-3/h8-13,16-17,23,28H,4-7,14-15H2,1-3H3/b24-22-. The van der Waals surface area contributed by atoms with Crippen LogP contribution < -0.4 is 9.47 Å². The van der Waals surface area contributed by atoms with Gasteiger partial charge in [0.25, 0.3) is 11.7 Å². The number of carbonyl (C=O) groups excluding carboxylic acids is 2. The van der Waals surface area contributed by atoms with Crippen molar-refractivity contribution < 1.29 is 24.2 Å². The first-order valence-electron chi connectivity index (χ1n) is 11.3. The minimum absolute atomic E-state index is 0.0902. The molecule has 170 valence electrons. The van der Waals surface area contributed by atoms with Crippen molar-refractivity contribution in [2.75, 3.05) is 19.8 Å². The summed E-state index contributed by atoms with van der Waals surface area (Å²) in [6, 6.07) is 13.6. The maximum absolute atomic E-state index is 13.1. The number of ketones is 1. The van der Waals surface area contributed by atoms with Gasteiger partial charge >= 0.3 is 0 Å². The summed E-state index contributed by atoms with van der Waals surface area (Å²) in [6.45, 7) is 7.42. The lowest BCUT2D eigenvalue weighted by atomic mass is 9.95. The fourth-order valence-electron chi connectivity index (χ4n) is 3.84. The van der Waals surface area contributed by atoms with Gasteiger partial charge < -0.3 is 19.5 Å². The molecule has 1 N–H and O–H groups in total.